The number of nitrogens with zero attached hydrogens (tertiary/aromatic N) is 5. The molecule has 8 nitrogen and oxygen atoms in total. The summed E-state index contributed by atoms with van der Waals surface area (Å²) < 4.78 is 8.02. The summed E-state index contributed by atoms with van der Waals surface area (Å²) in [7, 11) is 0. The van der Waals surface area contributed by atoms with Crippen LogP contribution in [0.2, 0.25) is 15.1 Å². The van der Waals surface area contributed by atoms with Crippen LogP contribution in [-0.4, -0.2) is 36.5 Å². The van der Waals surface area contributed by atoms with E-state index in [-0.39, 0.29) is 11.8 Å². The van der Waals surface area contributed by atoms with Crippen LogP contribution >= 0.6 is 57.5 Å². The van der Waals surface area contributed by atoms with E-state index in [2.05, 4.69) is 32.9 Å². The Labute approximate surface area is 315 Å². The van der Waals surface area contributed by atoms with Crippen LogP contribution in [0.5, 0.6) is 0 Å². The van der Waals surface area contributed by atoms with Crippen LogP contribution in [0.4, 0.5) is 0 Å². The lowest BCUT2D eigenvalue weighted by molar-refractivity contribution is 0.0937. The Morgan fingerprint density at radius 3 is 1.73 bits per heavy atom. The van der Waals surface area contributed by atoms with Crippen molar-refractivity contribution in [3.8, 4) is 42.8 Å². The molecule has 0 saturated heterocycles. The van der Waals surface area contributed by atoms with E-state index in [1.807, 2.05) is 37.3 Å². The molecule has 0 spiro atoms. The minimum Gasteiger partial charge on any atom is -0.360 e. The molecule has 252 valence electrons. The molecule has 0 unspecified atom stereocenters. The second-order valence-corrected chi connectivity index (χ2v) is 14.4. The minimum atomic E-state index is -0.250. The molecule has 0 saturated carbocycles. The van der Waals surface area contributed by atoms with E-state index in [1.165, 1.54) is 19.1 Å². The molecular formula is C38H24Cl3N5O3S2. The molecular weight excluding hydrogens is 745 g/mol. The lowest BCUT2D eigenvalue weighted by atomic mass is 10.0. The Morgan fingerprint density at radius 2 is 1.16 bits per heavy atom. The molecule has 0 N–H and O–H groups in total. The fourth-order valence-electron chi connectivity index (χ4n) is 5.09. The van der Waals surface area contributed by atoms with Gasteiger partial charge in [0.05, 0.1) is 16.1 Å². The Kier molecular flexibility index (Phi) is 10.1. The van der Waals surface area contributed by atoms with Gasteiger partial charge in [0, 0.05) is 53.9 Å². The maximum Gasteiger partial charge on any atom is 0.278 e. The standard InChI is InChI=1S/C20H13Cl2N3O2.C18H11ClN2OS2/c1-12-18(19(24-27-12)13-2-6-15(21)7-3-13)17-10-11-25(23-17)20(26)14-4-8-16(22)9-5-14;19-13-5-3-12(4-6-13)18(22)21-10-9-14(20-21)15-7-8-17(24-15)16-2-1-11-23-16/h2-11H,1H3;1-11H. The van der Waals surface area contributed by atoms with Gasteiger partial charge in [0.15, 0.2) is 0 Å². The highest BCUT2D eigenvalue weighted by molar-refractivity contribution is 7.23. The molecule has 5 aromatic heterocycles. The first-order chi connectivity index (χ1) is 24.7. The molecule has 8 aromatic rings. The first kappa shape index (κ1) is 34.4. The number of hydrogen-bond acceptors (Lipinski definition) is 8. The second-order valence-electron chi connectivity index (χ2n) is 11.0. The van der Waals surface area contributed by atoms with E-state index in [9.17, 15) is 9.59 Å². The van der Waals surface area contributed by atoms with Crippen molar-refractivity contribution < 1.29 is 14.1 Å². The molecule has 51 heavy (non-hydrogen) atoms. The lowest BCUT2D eigenvalue weighted by Crippen LogP contribution is -2.12. The third-order valence-corrected chi connectivity index (χ3v) is 10.6. The van der Waals surface area contributed by atoms with Gasteiger partial charge in [-0.25, -0.2) is 9.36 Å². The smallest absolute Gasteiger partial charge is 0.278 e. The first-order valence-electron chi connectivity index (χ1n) is 15.3. The maximum absolute atomic E-state index is 12.6. The summed E-state index contributed by atoms with van der Waals surface area (Å²) in [5, 5.41) is 16.9. The van der Waals surface area contributed by atoms with Crippen molar-refractivity contribution in [1.29, 1.82) is 0 Å². The largest absolute Gasteiger partial charge is 0.360 e. The summed E-state index contributed by atoms with van der Waals surface area (Å²) in [5.74, 6) is 0.192. The zero-order valence-corrected chi connectivity index (χ0v) is 30.4. The van der Waals surface area contributed by atoms with Gasteiger partial charge >= 0.3 is 0 Å². The maximum atomic E-state index is 12.6. The third kappa shape index (κ3) is 7.65. The average molecular weight is 769 g/mol. The highest BCUT2D eigenvalue weighted by atomic mass is 35.5. The van der Waals surface area contributed by atoms with Crippen molar-refractivity contribution in [1.82, 2.24) is 24.7 Å². The number of carbonyl (C=O) groups excluding carboxylic acids is 2. The van der Waals surface area contributed by atoms with E-state index in [0.717, 1.165) is 21.7 Å². The average Bonchev–Trinajstić information content (AvgIpc) is 3.99. The zero-order chi connectivity index (χ0) is 35.5. The van der Waals surface area contributed by atoms with Crippen molar-refractivity contribution in [2.45, 2.75) is 6.92 Å². The van der Waals surface area contributed by atoms with Crippen molar-refractivity contribution >= 4 is 69.3 Å². The molecule has 0 radical (unpaired) electrons. The first-order valence-corrected chi connectivity index (χ1v) is 18.1. The molecule has 0 atom stereocenters. The predicted octanol–water partition coefficient (Wildman–Crippen LogP) is 11.2. The molecule has 0 fully saturated rings. The van der Waals surface area contributed by atoms with E-state index in [0.29, 0.717) is 43.3 Å². The third-order valence-electron chi connectivity index (χ3n) is 7.64. The van der Waals surface area contributed by atoms with Crippen molar-refractivity contribution in [2.24, 2.45) is 0 Å². The summed E-state index contributed by atoms with van der Waals surface area (Å²) in [4.78, 5) is 28.6. The van der Waals surface area contributed by atoms with Gasteiger partial charge in [-0.15, -0.1) is 22.7 Å². The number of rotatable bonds is 6. The van der Waals surface area contributed by atoms with Gasteiger partial charge in [0.25, 0.3) is 11.8 Å². The molecule has 0 aliphatic carbocycles. The normalized spacial score (nSPS) is 10.9. The Hall–Kier alpha value is -5.10. The fraction of sp³-hybridized carbons (Fsp3) is 0.0263. The highest BCUT2D eigenvalue weighted by Crippen LogP contribution is 2.36. The Morgan fingerprint density at radius 1 is 0.627 bits per heavy atom. The van der Waals surface area contributed by atoms with Crippen LogP contribution in [-0.2, 0) is 0 Å². The number of aromatic nitrogens is 5. The van der Waals surface area contributed by atoms with Gasteiger partial charge in [0.2, 0.25) is 0 Å². The van der Waals surface area contributed by atoms with Crippen LogP contribution in [0.25, 0.3) is 42.8 Å². The number of carbonyl (C=O) groups is 2. The SMILES string of the molecule is Cc1onc(-c2ccc(Cl)cc2)c1-c1ccn(C(=O)c2ccc(Cl)cc2)n1.O=C(c1ccc(Cl)cc1)n1ccc(-c2ccc(-c3cccs3)s2)n1. The van der Waals surface area contributed by atoms with E-state index >= 15 is 0 Å². The molecule has 3 aromatic carbocycles. The number of benzene rings is 3. The molecule has 0 aliphatic rings. The summed E-state index contributed by atoms with van der Waals surface area (Å²) in [5.41, 5.74) is 4.68. The summed E-state index contributed by atoms with van der Waals surface area (Å²) in [6.07, 6.45) is 3.31. The van der Waals surface area contributed by atoms with E-state index < -0.39 is 0 Å². The van der Waals surface area contributed by atoms with Crippen molar-refractivity contribution in [2.75, 3.05) is 0 Å². The van der Waals surface area contributed by atoms with Crippen LogP contribution in [0.3, 0.4) is 0 Å². The van der Waals surface area contributed by atoms with Crippen LogP contribution < -0.4 is 0 Å². The summed E-state index contributed by atoms with van der Waals surface area (Å²) in [6.45, 7) is 1.81. The number of hydrogen-bond donors (Lipinski definition) is 0. The quantitative estimate of drug-likeness (QED) is 0.167. The van der Waals surface area contributed by atoms with Gasteiger partial charge in [-0.2, -0.15) is 10.2 Å². The predicted molar refractivity (Wildman–Crippen MR) is 204 cm³/mol. The molecule has 0 bridgehead atoms. The molecule has 5 heterocycles. The van der Waals surface area contributed by atoms with Gasteiger partial charge in [-0.3, -0.25) is 9.59 Å². The summed E-state index contributed by atoms with van der Waals surface area (Å²) >= 11 is 21.1. The van der Waals surface area contributed by atoms with E-state index in [1.54, 1.807) is 102 Å². The lowest BCUT2D eigenvalue weighted by Gasteiger charge is -2.02. The molecule has 8 rings (SSSR count). The zero-order valence-electron chi connectivity index (χ0n) is 26.5. The second kappa shape index (κ2) is 15.0. The van der Waals surface area contributed by atoms with Gasteiger partial charge in [-0.05, 0) is 103 Å². The highest BCUT2D eigenvalue weighted by Gasteiger charge is 2.20. The summed E-state index contributed by atoms with van der Waals surface area (Å²) in [6, 6.07) is 32.6. The van der Waals surface area contributed by atoms with Gasteiger partial charge < -0.3 is 4.52 Å². The Balaban J connectivity index is 0.000000160. The minimum absolute atomic E-state index is 0.173. The topological polar surface area (TPSA) is 95.8 Å². The molecule has 0 amide bonds. The van der Waals surface area contributed by atoms with Gasteiger partial charge in [-0.1, -0.05) is 58.2 Å². The monoisotopic (exact) mass is 767 g/mol. The van der Waals surface area contributed by atoms with Crippen molar-refractivity contribution in [3.05, 3.63) is 159 Å². The van der Waals surface area contributed by atoms with Crippen LogP contribution in [0.1, 0.15) is 26.5 Å². The Bertz CT molecular complexity index is 2450. The molecule has 13 heteroatoms. The van der Waals surface area contributed by atoms with Crippen molar-refractivity contribution in [3.63, 3.8) is 0 Å². The van der Waals surface area contributed by atoms with Crippen LogP contribution in [0.15, 0.2) is 131 Å². The fourth-order valence-corrected chi connectivity index (χ4v) is 7.28. The van der Waals surface area contributed by atoms with Crippen LogP contribution in [0, 0.1) is 6.92 Å². The van der Waals surface area contributed by atoms with E-state index in [4.69, 9.17) is 39.3 Å². The number of aryl methyl sites for hydroxylation is 1. The number of thiophene rings is 2. The van der Waals surface area contributed by atoms with Gasteiger partial charge in [0.1, 0.15) is 17.1 Å². The molecule has 0 aliphatic heterocycles. The number of halogens is 3.